The number of hydrogen-bond donors (Lipinski definition) is 2. The number of carbonyl (C=O) groups is 2. The van der Waals surface area contributed by atoms with Crippen molar-refractivity contribution in [3.63, 3.8) is 0 Å². The van der Waals surface area contributed by atoms with Crippen LogP contribution in [0.5, 0.6) is 0 Å². The second-order valence-corrected chi connectivity index (χ2v) is 5.02. The Morgan fingerprint density at radius 1 is 0.714 bits per heavy atom. The van der Waals surface area contributed by atoms with Gasteiger partial charge in [0, 0.05) is 0 Å². The Hall–Kier alpha value is -2.62. The Kier molecular flexibility index (Phi) is 4.38. The number of hydrogen-bond acceptors (Lipinski definition) is 2. The fourth-order valence-electron chi connectivity index (χ4n) is 2.35. The van der Waals surface area contributed by atoms with Gasteiger partial charge in [0.2, 0.25) is 0 Å². The largest absolute Gasteiger partial charge is 0.480 e. The highest BCUT2D eigenvalue weighted by atomic mass is 16.4. The van der Waals surface area contributed by atoms with E-state index in [0.29, 0.717) is 11.1 Å². The van der Waals surface area contributed by atoms with E-state index in [1.807, 2.05) is 12.1 Å². The lowest BCUT2D eigenvalue weighted by atomic mass is 9.76. The highest BCUT2D eigenvalue weighted by molar-refractivity contribution is 5.98. The Morgan fingerprint density at radius 2 is 1.05 bits per heavy atom. The van der Waals surface area contributed by atoms with E-state index in [4.69, 9.17) is 0 Å². The molecular formula is C17H16O4. The van der Waals surface area contributed by atoms with Gasteiger partial charge in [-0.2, -0.15) is 0 Å². The summed E-state index contributed by atoms with van der Waals surface area (Å²) in [6, 6.07) is 17.7. The molecule has 0 aromatic heterocycles. The zero-order valence-electron chi connectivity index (χ0n) is 11.4. The van der Waals surface area contributed by atoms with Crippen LogP contribution in [0.25, 0.3) is 0 Å². The van der Waals surface area contributed by atoms with E-state index >= 15 is 0 Å². The van der Waals surface area contributed by atoms with Gasteiger partial charge in [0.1, 0.15) is 0 Å². The summed E-state index contributed by atoms with van der Waals surface area (Å²) < 4.78 is 0. The van der Waals surface area contributed by atoms with E-state index in [2.05, 4.69) is 0 Å². The van der Waals surface area contributed by atoms with Crippen molar-refractivity contribution in [3.05, 3.63) is 71.8 Å². The van der Waals surface area contributed by atoms with Crippen LogP contribution in [0, 0.1) is 5.41 Å². The normalized spacial score (nSPS) is 11.0. The van der Waals surface area contributed by atoms with Gasteiger partial charge in [-0.3, -0.25) is 9.59 Å². The minimum absolute atomic E-state index is 0.0482. The van der Waals surface area contributed by atoms with E-state index in [1.54, 1.807) is 48.5 Å². The van der Waals surface area contributed by atoms with Crippen molar-refractivity contribution in [2.75, 3.05) is 0 Å². The van der Waals surface area contributed by atoms with E-state index in [1.165, 1.54) is 0 Å². The van der Waals surface area contributed by atoms with Gasteiger partial charge in [-0.15, -0.1) is 0 Å². The SMILES string of the molecule is O=C(O)C(Cc1ccccc1)(Cc1ccccc1)C(=O)O. The zero-order chi connectivity index (χ0) is 15.3. The smallest absolute Gasteiger partial charge is 0.321 e. The summed E-state index contributed by atoms with van der Waals surface area (Å²) in [5.74, 6) is -2.63. The summed E-state index contributed by atoms with van der Waals surface area (Å²) in [5.41, 5.74) is -0.473. The summed E-state index contributed by atoms with van der Waals surface area (Å²) in [6.07, 6.45) is -0.0964. The number of carboxylic acids is 2. The summed E-state index contributed by atoms with van der Waals surface area (Å²) in [4.78, 5) is 23.4. The van der Waals surface area contributed by atoms with Crippen LogP contribution in [-0.2, 0) is 22.4 Å². The molecule has 0 unspecified atom stereocenters. The van der Waals surface area contributed by atoms with Crippen LogP contribution < -0.4 is 0 Å². The van der Waals surface area contributed by atoms with Crippen LogP contribution in [0.4, 0.5) is 0 Å². The molecule has 2 aromatic carbocycles. The standard InChI is InChI=1S/C17H16O4/c18-15(19)17(16(20)21,11-13-7-3-1-4-8-13)12-14-9-5-2-6-10-14/h1-10H,11-12H2,(H,18,19)(H,20,21). The van der Waals surface area contributed by atoms with Crippen LogP contribution in [-0.4, -0.2) is 22.2 Å². The summed E-state index contributed by atoms with van der Waals surface area (Å²) in [5, 5.41) is 19.1. The first kappa shape index (κ1) is 14.8. The van der Waals surface area contributed by atoms with Gasteiger partial charge < -0.3 is 10.2 Å². The van der Waals surface area contributed by atoms with Crippen molar-refractivity contribution in [2.45, 2.75) is 12.8 Å². The average molecular weight is 284 g/mol. The molecule has 0 aliphatic rings. The van der Waals surface area contributed by atoms with Crippen molar-refractivity contribution in [3.8, 4) is 0 Å². The third kappa shape index (κ3) is 3.28. The molecule has 0 spiro atoms. The molecule has 0 aliphatic heterocycles. The van der Waals surface area contributed by atoms with E-state index < -0.39 is 17.4 Å². The summed E-state index contributed by atoms with van der Waals surface area (Å²) >= 11 is 0. The molecule has 0 radical (unpaired) electrons. The number of carboxylic acid groups (broad SMARTS) is 2. The van der Waals surface area contributed by atoms with Crippen molar-refractivity contribution >= 4 is 11.9 Å². The maximum atomic E-state index is 11.7. The molecule has 2 N–H and O–H groups in total. The third-order valence-corrected chi connectivity index (χ3v) is 3.52. The van der Waals surface area contributed by atoms with E-state index in [9.17, 15) is 19.8 Å². The van der Waals surface area contributed by atoms with Gasteiger partial charge >= 0.3 is 11.9 Å². The maximum absolute atomic E-state index is 11.7. The molecule has 0 atom stereocenters. The molecule has 0 heterocycles. The Balaban J connectivity index is 2.38. The molecule has 2 rings (SSSR count). The van der Waals surface area contributed by atoms with Gasteiger partial charge in [-0.1, -0.05) is 60.7 Å². The second kappa shape index (κ2) is 6.22. The molecule has 0 aliphatic carbocycles. The van der Waals surface area contributed by atoms with Crippen molar-refractivity contribution in [1.82, 2.24) is 0 Å². The summed E-state index contributed by atoms with van der Waals surface area (Å²) in [6.45, 7) is 0. The third-order valence-electron chi connectivity index (χ3n) is 3.52. The predicted molar refractivity (Wildman–Crippen MR) is 78.0 cm³/mol. The molecule has 0 amide bonds. The lowest BCUT2D eigenvalue weighted by Gasteiger charge is -2.25. The van der Waals surface area contributed by atoms with Crippen LogP contribution in [0.3, 0.4) is 0 Å². The van der Waals surface area contributed by atoms with Crippen LogP contribution in [0.1, 0.15) is 11.1 Å². The molecule has 2 aromatic rings. The van der Waals surface area contributed by atoms with Crippen molar-refractivity contribution in [2.24, 2.45) is 5.41 Å². The van der Waals surface area contributed by atoms with E-state index in [0.717, 1.165) is 0 Å². The lowest BCUT2D eigenvalue weighted by Crippen LogP contribution is -2.43. The van der Waals surface area contributed by atoms with Crippen molar-refractivity contribution < 1.29 is 19.8 Å². The molecule has 0 fully saturated rings. The highest BCUT2D eigenvalue weighted by Crippen LogP contribution is 2.29. The number of rotatable bonds is 6. The van der Waals surface area contributed by atoms with Gasteiger partial charge in [0.25, 0.3) is 0 Å². The van der Waals surface area contributed by atoms with Gasteiger partial charge in [0.05, 0.1) is 0 Å². The maximum Gasteiger partial charge on any atom is 0.321 e. The molecule has 0 saturated carbocycles. The highest BCUT2D eigenvalue weighted by Gasteiger charge is 2.46. The Labute approximate surface area is 122 Å². The topological polar surface area (TPSA) is 74.6 Å². The minimum Gasteiger partial charge on any atom is -0.480 e. The number of benzene rings is 2. The first-order valence-electron chi connectivity index (χ1n) is 6.59. The van der Waals surface area contributed by atoms with E-state index in [-0.39, 0.29) is 12.8 Å². The Morgan fingerprint density at radius 3 is 1.33 bits per heavy atom. The fourth-order valence-corrected chi connectivity index (χ4v) is 2.35. The van der Waals surface area contributed by atoms with Gasteiger partial charge in [-0.25, -0.2) is 0 Å². The zero-order valence-corrected chi connectivity index (χ0v) is 11.4. The fraction of sp³-hybridized carbons (Fsp3) is 0.176. The number of aliphatic carboxylic acids is 2. The molecule has 4 heteroatoms. The van der Waals surface area contributed by atoms with Crippen LogP contribution in [0.2, 0.25) is 0 Å². The second-order valence-electron chi connectivity index (χ2n) is 5.02. The monoisotopic (exact) mass is 284 g/mol. The molecule has 0 saturated heterocycles. The minimum atomic E-state index is -1.86. The molecule has 0 bridgehead atoms. The molecule has 21 heavy (non-hydrogen) atoms. The van der Waals surface area contributed by atoms with Gasteiger partial charge in [-0.05, 0) is 24.0 Å². The van der Waals surface area contributed by atoms with Crippen molar-refractivity contribution in [1.29, 1.82) is 0 Å². The quantitative estimate of drug-likeness (QED) is 0.800. The lowest BCUT2D eigenvalue weighted by molar-refractivity contribution is -0.164. The predicted octanol–water partition coefficient (Wildman–Crippen LogP) is 2.63. The van der Waals surface area contributed by atoms with Crippen LogP contribution >= 0.6 is 0 Å². The molecule has 4 nitrogen and oxygen atoms in total. The first-order chi connectivity index (χ1) is 10.0. The average Bonchev–Trinajstić information content (AvgIpc) is 2.48. The van der Waals surface area contributed by atoms with Gasteiger partial charge in [0.15, 0.2) is 5.41 Å². The van der Waals surface area contributed by atoms with Crippen LogP contribution in [0.15, 0.2) is 60.7 Å². The summed E-state index contributed by atoms with van der Waals surface area (Å²) in [7, 11) is 0. The Bertz CT molecular complexity index is 562. The first-order valence-corrected chi connectivity index (χ1v) is 6.59. The molecule has 108 valence electrons. The molecular weight excluding hydrogens is 268 g/mol.